The largest absolute Gasteiger partial charge is 0.443 e. The number of benzene rings is 1. The molecule has 146 valence electrons. The van der Waals surface area contributed by atoms with E-state index in [1.807, 2.05) is 6.92 Å². The van der Waals surface area contributed by atoms with Crippen molar-refractivity contribution in [2.24, 2.45) is 0 Å². The summed E-state index contributed by atoms with van der Waals surface area (Å²) in [5.74, 6) is 0.387. The number of carbonyl (C=O) groups is 1. The van der Waals surface area contributed by atoms with Gasteiger partial charge in [0, 0.05) is 23.5 Å². The highest BCUT2D eigenvalue weighted by Crippen LogP contribution is 2.36. The third-order valence-electron chi connectivity index (χ3n) is 4.84. The Hall–Kier alpha value is -2.97. The number of oxazole rings is 1. The topological polar surface area (TPSA) is 75.0 Å². The minimum atomic E-state index is -0.439. The van der Waals surface area contributed by atoms with Crippen LogP contribution in [0.5, 0.6) is 0 Å². The van der Waals surface area contributed by atoms with Crippen molar-refractivity contribution >= 4 is 34.7 Å². The maximum Gasteiger partial charge on any atom is 0.261 e. The summed E-state index contributed by atoms with van der Waals surface area (Å²) in [6.45, 7) is 2.37. The van der Waals surface area contributed by atoms with Crippen LogP contribution in [0.1, 0.15) is 20.9 Å². The predicted molar refractivity (Wildman–Crippen MR) is 109 cm³/mol. The second kappa shape index (κ2) is 6.82. The smallest absolute Gasteiger partial charge is 0.261 e. The van der Waals surface area contributed by atoms with Gasteiger partial charge >= 0.3 is 0 Å². The lowest BCUT2D eigenvalue weighted by atomic mass is 10.1. The predicted octanol–water partition coefficient (Wildman–Crippen LogP) is 5.10. The molecule has 0 unspecified atom stereocenters. The highest BCUT2D eigenvalue weighted by Gasteiger charge is 2.31. The van der Waals surface area contributed by atoms with Crippen molar-refractivity contribution in [2.45, 2.75) is 13.3 Å². The molecule has 29 heavy (non-hydrogen) atoms. The van der Waals surface area contributed by atoms with Crippen molar-refractivity contribution in [3.63, 3.8) is 0 Å². The fraction of sp³-hybridized carbons (Fsp3) is 0.150. The summed E-state index contributed by atoms with van der Waals surface area (Å²) in [7, 11) is 0. The third-order valence-corrected chi connectivity index (χ3v) is 6.10. The Morgan fingerprint density at radius 1 is 1.38 bits per heavy atom. The summed E-state index contributed by atoms with van der Waals surface area (Å²) in [6.07, 6.45) is 3.64. The molecule has 0 atom stereocenters. The van der Waals surface area contributed by atoms with Crippen LogP contribution in [0.3, 0.4) is 0 Å². The van der Waals surface area contributed by atoms with Crippen molar-refractivity contribution in [3.8, 4) is 22.2 Å². The van der Waals surface area contributed by atoms with Crippen molar-refractivity contribution in [2.75, 3.05) is 11.4 Å². The molecule has 0 saturated carbocycles. The minimum Gasteiger partial charge on any atom is -0.443 e. The first-order valence-electron chi connectivity index (χ1n) is 8.88. The van der Waals surface area contributed by atoms with Gasteiger partial charge in [-0.2, -0.15) is 0 Å². The van der Waals surface area contributed by atoms with E-state index in [-0.39, 0.29) is 11.5 Å². The summed E-state index contributed by atoms with van der Waals surface area (Å²) in [6, 6.07) is 6.17. The van der Waals surface area contributed by atoms with E-state index < -0.39 is 5.82 Å². The van der Waals surface area contributed by atoms with E-state index in [0.29, 0.717) is 46.0 Å². The molecule has 0 saturated heterocycles. The molecule has 4 heterocycles. The van der Waals surface area contributed by atoms with Gasteiger partial charge in [-0.15, -0.1) is 11.3 Å². The number of thiazole rings is 1. The van der Waals surface area contributed by atoms with Crippen LogP contribution in [-0.2, 0) is 6.42 Å². The van der Waals surface area contributed by atoms with E-state index in [1.54, 1.807) is 29.3 Å². The van der Waals surface area contributed by atoms with E-state index in [0.717, 1.165) is 10.6 Å². The van der Waals surface area contributed by atoms with E-state index in [1.165, 1.54) is 23.7 Å². The van der Waals surface area contributed by atoms with Crippen molar-refractivity contribution < 1.29 is 13.6 Å². The number of halogens is 2. The van der Waals surface area contributed by atoms with Gasteiger partial charge in [0.2, 0.25) is 0 Å². The van der Waals surface area contributed by atoms with Crippen LogP contribution in [0.15, 0.2) is 41.1 Å². The van der Waals surface area contributed by atoms with Crippen LogP contribution in [-0.4, -0.2) is 27.4 Å². The molecular weight excluding hydrogens is 415 g/mol. The van der Waals surface area contributed by atoms with Gasteiger partial charge < -0.3 is 9.40 Å². The Balaban J connectivity index is 1.52. The van der Waals surface area contributed by atoms with E-state index in [2.05, 4.69) is 15.0 Å². The van der Waals surface area contributed by atoms with Gasteiger partial charge in [0.15, 0.2) is 5.01 Å². The molecule has 4 aromatic rings. The van der Waals surface area contributed by atoms with Crippen LogP contribution in [0, 0.1) is 12.7 Å². The molecule has 1 aliphatic rings. The summed E-state index contributed by atoms with van der Waals surface area (Å²) in [5.41, 5.74) is 2.01. The molecule has 5 rings (SSSR count). The first-order valence-corrected chi connectivity index (χ1v) is 10.1. The molecule has 0 aliphatic carbocycles. The Bertz CT molecular complexity index is 1210. The van der Waals surface area contributed by atoms with E-state index in [9.17, 15) is 9.18 Å². The molecule has 0 fully saturated rings. The number of amides is 1. The molecule has 0 spiro atoms. The highest BCUT2D eigenvalue weighted by molar-refractivity contribution is 7.15. The van der Waals surface area contributed by atoms with Crippen molar-refractivity contribution in [1.29, 1.82) is 0 Å². The molecule has 1 aromatic carbocycles. The van der Waals surface area contributed by atoms with Crippen LogP contribution in [0.4, 0.5) is 10.2 Å². The van der Waals surface area contributed by atoms with Crippen molar-refractivity contribution in [3.05, 3.63) is 63.7 Å². The van der Waals surface area contributed by atoms with Gasteiger partial charge in [-0.25, -0.2) is 14.4 Å². The lowest BCUT2D eigenvalue weighted by Crippen LogP contribution is -2.37. The maximum absolute atomic E-state index is 14.3. The summed E-state index contributed by atoms with van der Waals surface area (Å²) < 4.78 is 19.6. The summed E-state index contributed by atoms with van der Waals surface area (Å²) >= 11 is 7.60. The fourth-order valence-electron chi connectivity index (χ4n) is 3.51. The second-order valence-electron chi connectivity index (χ2n) is 6.61. The van der Waals surface area contributed by atoms with Crippen LogP contribution in [0.2, 0.25) is 5.02 Å². The van der Waals surface area contributed by atoms with Gasteiger partial charge in [-0.05, 0) is 25.1 Å². The zero-order valence-corrected chi connectivity index (χ0v) is 16.8. The Morgan fingerprint density at radius 2 is 2.24 bits per heavy atom. The fourth-order valence-corrected chi connectivity index (χ4v) is 4.63. The minimum absolute atomic E-state index is 0.187. The molecule has 6 nitrogen and oxygen atoms in total. The average Bonchev–Trinajstić information content (AvgIpc) is 3.42. The first kappa shape index (κ1) is 18.1. The van der Waals surface area contributed by atoms with Crippen LogP contribution in [0.25, 0.3) is 22.2 Å². The zero-order chi connectivity index (χ0) is 20.1. The Morgan fingerprint density at radius 3 is 3.00 bits per heavy atom. The molecule has 0 radical (unpaired) electrons. The van der Waals surface area contributed by atoms with Gasteiger partial charge in [0.05, 0.1) is 28.0 Å². The van der Waals surface area contributed by atoms with Gasteiger partial charge in [-0.1, -0.05) is 17.7 Å². The monoisotopic (exact) mass is 428 g/mol. The normalized spacial score (nSPS) is 13.8. The number of nitrogens with zero attached hydrogens (tertiary/aromatic N) is 3. The number of rotatable bonds is 3. The lowest BCUT2D eigenvalue weighted by Gasteiger charge is -2.25. The standard InChI is InChI=1S/C20H14ClFN4O2S/c1-10-17(25-19(29-10)18-23-6-8-28-18)26-7-5-14-11(20(26)27)9-15(24-14)16-12(21)3-2-4-13(16)22/h2-4,6,8-9,24H,5,7H2,1H3. The number of anilines is 1. The molecule has 1 amide bonds. The Labute approximate surface area is 174 Å². The molecule has 1 N–H and O–H groups in total. The molecule has 0 bridgehead atoms. The van der Waals surface area contributed by atoms with E-state index in [4.69, 9.17) is 16.0 Å². The number of aromatic amines is 1. The number of hydrogen-bond acceptors (Lipinski definition) is 5. The molecule has 3 aromatic heterocycles. The number of carbonyl (C=O) groups excluding carboxylic acids is 1. The van der Waals surface area contributed by atoms with Gasteiger partial charge in [0.1, 0.15) is 17.9 Å². The van der Waals surface area contributed by atoms with E-state index >= 15 is 0 Å². The van der Waals surface area contributed by atoms with Crippen LogP contribution < -0.4 is 4.90 Å². The number of fused-ring (bicyclic) bond motifs is 1. The van der Waals surface area contributed by atoms with Gasteiger partial charge in [0.25, 0.3) is 11.8 Å². The number of H-pyrrole nitrogens is 1. The van der Waals surface area contributed by atoms with Gasteiger partial charge in [-0.3, -0.25) is 9.69 Å². The van der Waals surface area contributed by atoms with Crippen molar-refractivity contribution in [1.82, 2.24) is 15.0 Å². The number of nitrogens with one attached hydrogen (secondary N) is 1. The molecule has 1 aliphatic heterocycles. The number of hydrogen-bond donors (Lipinski definition) is 1. The average molecular weight is 429 g/mol. The third kappa shape index (κ3) is 2.95. The quantitative estimate of drug-likeness (QED) is 0.492. The lowest BCUT2D eigenvalue weighted by molar-refractivity contribution is 0.0980. The summed E-state index contributed by atoms with van der Waals surface area (Å²) in [5, 5.41) is 0.910. The number of aromatic nitrogens is 3. The SMILES string of the molecule is Cc1sc(-c2ncco2)nc1N1CCc2[nH]c(-c3c(F)cccc3Cl)cc2C1=O. The number of aryl methyl sites for hydroxylation is 1. The molecular formula is C20H14ClFN4O2S. The molecule has 9 heteroatoms. The maximum atomic E-state index is 14.3. The summed E-state index contributed by atoms with van der Waals surface area (Å²) in [4.78, 5) is 27.6. The van der Waals surface area contributed by atoms with Crippen LogP contribution >= 0.6 is 22.9 Å². The Kier molecular flexibility index (Phi) is 4.25. The first-order chi connectivity index (χ1) is 14.0. The second-order valence-corrected chi connectivity index (χ2v) is 8.23. The highest BCUT2D eigenvalue weighted by atomic mass is 35.5. The zero-order valence-electron chi connectivity index (χ0n) is 15.2.